The average molecular weight is 348 g/mol. The van der Waals surface area contributed by atoms with Crippen LogP contribution in [0.5, 0.6) is 0 Å². The fourth-order valence-electron chi connectivity index (χ4n) is 2.63. The molecule has 4 rings (SSSR count). The van der Waals surface area contributed by atoms with E-state index in [1.54, 1.807) is 11.8 Å². The highest BCUT2D eigenvalue weighted by molar-refractivity contribution is 7.98. The van der Waals surface area contributed by atoms with Crippen molar-refractivity contribution in [2.24, 2.45) is 0 Å². The fourth-order valence-corrected chi connectivity index (χ4v) is 3.59. The summed E-state index contributed by atoms with van der Waals surface area (Å²) >= 11 is 1.59. The summed E-state index contributed by atoms with van der Waals surface area (Å²) in [5, 5.41) is 0.756. The van der Waals surface area contributed by atoms with Crippen LogP contribution in [0.4, 0.5) is 0 Å². The SMILES string of the molecule is Cc1ccc(-n2c(SCc3ccccc3)nc3c(=O)[nH]cnc32)cc1. The first kappa shape index (κ1) is 15.7. The standard InChI is InChI=1S/C19H16N4OS/c1-13-7-9-15(10-8-13)23-17-16(18(24)21-12-20-17)22-19(23)25-11-14-5-3-2-4-6-14/h2-10,12H,11H2,1H3,(H,20,21,24). The molecule has 4 aromatic rings. The predicted molar refractivity (Wildman–Crippen MR) is 100 cm³/mol. The van der Waals surface area contributed by atoms with Crippen molar-refractivity contribution in [1.29, 1.82) is 0 Å². The van der Waals surface area contributed by atoms with Gasteiger partial charge in [-0.3, -0.25) is 9.36 Å². The van der Waals surface area contributed by atoms with Gasteiger partial charge in [-0.1, -0.05) is 59.8 Å². The van der Waals surface area contributed by atoms with Gasteiger partial charge in [0.25, 0.3) is 5.56 Å². The van der Waals surface area contributed by atoms with E-state index >= 15 is 0 Å². The number of aryl methyl sites for hydroxylation is 1. The molecule has 0 aliphatic rings. The van der Waals surface area contributed by atoms with Crippen molar-refractivity contribution in [2.45, 2.75) is 17.8 Å². The van der Waals surface area contributed by atoms with Crippen LogP contribution in [0, 0.1) is 6.92 Å². The highest BCUT2D eigenvalue weighted by atomic mass is 32.2. The molecular weight excluding hydrogens is 332 g/mol. The van der Waals surface area contributed by atoms with Crippen molar-refractivity contribution in [1.82, 2.24) is 19.5 Å². The summed E-state index contributed by atoms with van der Waals surface area (Å²) in [7, 11) is 0. The highest BCUT2D eigenvalue weighted by Crippen LogP contribution is 2.28. The third-order valence-corrected chi connectivity index (χ3v) is 4.93. The van der Waals surface area contributed by atoms with Crippen LogP contribution in [-0.4, -0.2) is 19.5 Å². The van der Waals surface area contributed by atoms with E-state index in [-0.39, 0.29) is 5.56 Å². The molecular formula is C19H16N4OS. The molecule has 0 bridgehead atoms. The molecule has 2 aromatic heterocycles. The number of hydrogen-bond donors (Lipinski definition) is 1. The van der Waals surface area contributed by atoms with Crippen molar-refractivity contribution in [2.75, 3.05) is 0 Å². The lowest BCUT2D eigenvalue weighted by molar-refractivity contribution is 0.907. The van der Waals surface area contributed by atoms with Gasteiger partial charge in [0.05, 0.1) is 6.33 Å². The van der Waals surface area contributed by atoms with E-state index in [2.05, 4.69) is 27.1 Å². The lowest BCUT2D eigenvalue weighted by Crippen LogP contribution is -2.07. The van der Waals surface area contributed by atoms with Crippen LogP contribution in [-0.2, 0) is 5.75 Å². The van der Waals surface area contributed by atoms with E-state index in [0.717, 1.165) is 16.6 Å². The maximum absolute atomic E-state index is 12.1. The maximum atomic E-state index is 12.1. The van der Waals surface area contributed by atoms with Gasteiger partial charge in [-0.2, -0.15) is 0 Å². The monoisotopic (exact) mass is 348 g/mol. The van der Waals surface area contributed by atoms with E-state index in [1.807, 2.05) is 54.0 Å². The Kier molecular flexibility index (Phi) is 4.11. The lowest BCUT2D eigenvalue weighted by atomic mass is 10.2. The number of fused-ring (bicyclic) bond motifs is 1. The van der Waals surface area contributed by atoms with E-state index in [4.69, 9.17) is 0 Å². The Labute approximate surface area is 148 Å². The first-order valence-electron chi connectivity index (χ1n) is 7.92. The number of aromatic nitrogens is 4. The quantitative estimate of drug-likeness (QED) is 0.571. The Balaban J connectivity index is 1.82. The van der Waals surface area contributed by atoms with Gasteiger partial charge >= 0.3 is 0 Å². The summed E-state index contributed by atoms with van der Waals surface area (Å²) in [6.45, 7) is 2.05. The van der Waals surface area contributed by atoms with Gasteiger partial charge in [-0.15, -0.1) is 0 Å². The largest absolute Gasteiger partial charge is 0.311 e. The van der Waals surface area contributed by atoms with E-state index in [0.29, 0.717) is 11.2 Å². The Morgan fingerprint density at radius 1 is 1.08 bits per heavy atom. The van der Waals surface area contributed by atoms with Crippen LogP contribution in [0.15, 0.2) is 70.9 Å². The molecule has 124 valence electrons. The van der Waals surface area contributed by atoms with Crippen LogP contribution in [0.3, 0.4) is 0 Å². The van der Waals surface area contributed by atoms with E-state index in [9.17, 15) is 4.79 Å². The third-order valence-electron chi connectivity index (χ3n) is 3.92. The van der Waals surface area contributed by atoms with Gasteiger partial charge < -0.3 is 4.98 Å². The van der Waals surface area contributed by atoms with Gasteiger partial charge in [0.15, 0.2) is 16.3 Å². The molecule has 1 N–H and O–H groups in total. The summed E-state index contributed by atoms with van der Waals surface area (Å²) in [5.74, 6) is 0.772. The second kappa shape index (κ2) is 6.57. The minimum Gasteiger partial charge on any atom is -0.311 e. The van der Waals surface area contributed by atoms with Crippen LogP contribution in [0.25, 0.3) is 16.9 Å². The molecule has 0 radical (unpaired) electrons. The number of nitrogens with one attached hydrogen (secondary N) is 1. The fraction of sp³-hybridized carbons (Fsp3) is 0.105. The number of benzene rings is 2. The number of hydrogen-bond acceptors (Lipinski definition) is 4. The third kappa shape index (κ3) is 3.08. The molecule has 0 aliphatic carbocycles. The number of imidazole rings is 1. The van der Waals surface area contributed by atoms with Crippen LogP contribution in [0.1, 0.15) is 11.1 Å². The Hall–Kier alpha value is -2.86. The Morgan fingerprint density at radius 3 is 2.60 bits per heavy atom. The maximum Gasteiger partial charge on any atom is 0.278 e. The van der Waals surface area contributed by atoms with Gasteiger partial charge in [0, 0.05) is 11.4 Å². The van der Waals surface area contributed by atoms with Crippen molar-refractivity contribution >= 4 is 22.9 Å². The van der Waals surface area contributed by atoms with Gasteiger partial charge in [0.1, 0.15) is 0 Å². The lowest BCUT2D eigenvalue weighted by Gasteiger charge is -2.08. The molecule has 0 aliphatic heterocycles. The number of rotatable bonds is 4. The highest BCUT2D eigenvalue weighted by Gasteiger charge is 2.16. The normalized spacial score (nSPS) is 11.1. The molecule has 0 unspecified atom stereocenters. The number of thioether (sulfide) groups is 1. The second-order valence-electron chi connectivity index (χ2n) is 5.74. The van der Waals surface area contributed by atoms with Crippen molar-refractivity contribution in [3.63, 3.8) is 0 Å². The minimum atomic E-state index is -0.225. The summed E-state index contributed by atoms with van der Waals surface area (Å²) < 4.78 is 1.94. The Morgan fingerprint density at radius 2 is 1.84 bits per heavy atom. The summed E-state index contributed by atoms with van der Waals surface area (Å²) in [6, 6.07) is 18.3. The molecule has 0 saturated heterocycles. The van der Waals surface area contributed by atoms with E-state index < -0.39 is 0 Å². The van der Waals surface area contributed by atoms with Crippen LogP contribution in [0.2, 0.25) is 0 Å². The number of H-pyrrole nitrogens is 1. The number of aromatic amines is 1. The molecule has 0 fully saturated rings. The average Bonchev–Trinajstić information content (AvgIpc) is 3.01. The predicted octanol–water partition coefficient (Wildman–Crippen LogP) is 3.71. The molecule has 0 atom stereocenters. The first-order chi connectivity index (χ1) is 12.2. The second-order valence-corrected chi connectivity index (χ2v) is 6.69. The zero-order valence-electron chi connectivity index (χ0n) is 13.6. The first-order valence-corrected chi connectivity index (χ1v) is 8.91. The number of nitrogens with zero attached hydrogens (tertiary/aromatic N) is 3. The Bertz CT molecular complexity index is 1070. The van der Waals surface area contributed by atoms with E-state index in [1.165, 1.54) is 17.5 Å². The molecule has 0 spiro atoms. The molecule has 5 nitrogen and oxygen atoms in total. The molecule has 25 heavy (non-hydrogen) atoms. The van der Waals surface area contributed by atoms with Crippen molar-refractivity contribution < 1.29 is 0 Å². The van der Waals surface area contributed by atoms with Gasteiger partial charge in [-0.05, 0) is 24.6 Å². The van der Waals surface area contributed by atoms with Gasteiger partial charge in [-0.25, -0.2) is 9.97 Å². The smallest absolute Gasteiger partial charge is 0.278 e. The van der Waals surface area contributed by atoms with Crippen molar-refractivity contribution in [3.8, 4) is 5.69 Å². The summed E-state index contributed by atoms with van der Waals surface area (Å²) in [5.41, 5.74) is 4.04. The summed E-state index contributed by atoms with van der Waals surface area (Å²) in [4.78, 5) is 23.6. The zero-order valence-corrected chi connectivity index (χ0v) is 14.5. The zero-order chi connectivity index (χ0) is 17.2. The van der Waals surface area contributed by atoms with Crippen LogP contribution >= 0.6 is 11.8 Å². The molecule has 2 heterocycles. The molecule has 6 heteroatoms. The summed E-state index contributed by atoms with van der Waals surface area (Å²) in [6.07, 6.45) is 1.42. The van der Waals surface area contributed by atoms with Gasteiger partial charge in [0.2, 0.25) is 0 Å². The molecule has 0 amide bonds. The minimum absolute atomic E-state index is 0.225. The van der Waals surface area contributed by atoms with Crippen LogP contribution < -0.4 is 5.56 Å². The molecule has 2 aromatic carbocycles. The van der Waals surface area contributed by atoms with Crippen molar-refractivity contribution in [3.05, 3.63) is 82.4 Å². The molecule has 0 saturated carbocycles. The topological polar surface area (TPSA) is 63.6 Å².